The van der Waals surface area contributed by atoms with Gasteiger partial charge in [-0.15, -0.1) is 35.3 Å². The summed E-state index contributed by atoms with van der Waals surface area (Å²) in [6.45, 7) is 3.17. The molecule has 2 N–H and O–H groups in total. The molecule has 1 heterocycles. The molecule has 1 unspecified atom stereocenters. The minimum Gasteiger partial charge on any atom is -0.390 e. The van der Waals surface area contributed by atoms with Gasteiger partial charge in [-0.2, -0.15) is 0 Å². The Bertz CT molecular complexity index is 861. The molecule has 0 fully saturated rings. The van der Waals surface area contributed by atoms with E-state index in [-0.39, 0.29) is 40.5 Å². The molecule has 28 heavy (non-hydrogen) atoms. The molecule has 0 aliphatic rings. The molecule has 156 valence electrons. The Labute approximate surface area is 192 Å². The first-order valence-corrected chi connectivity index (χ1v) is 11.4. The first kappa shape index (κ1) is 25.2. The van der Waals surface area contributed by atoms with Crippen molar-refractivity contribution in [3.05, 3.63) is 52.4 Å². The van der Waals surface area contributed by atoms with Gasteiger partial charge in [0.2, 0.25) is 0 Å². The van der Waals surface area contributed by atoms with Gasteiger partial charge in [-0.3, -0.25) is 4.99 Å². The number of benzene rings is 1. The van der Waals surface area contributed by atoms with Crippen LogP contribution in [0, 0.1) is 0 Å². The van der Waals surface area contributed by atoms with Crippen LogP contribution in [0.25, 0.3) is 0 Å². The van der Waals surface area contributed by atoms with Gasteiger partial charge in [-0.25, -0.2) is 8.42 Å². The van der Waals surface area contributed by atoms with E-state index in [1.165, 1.54) is 0 Å². The summed E-state index contributed by atoms with van der Waals surface area (Å²) in [6.07, 6.45) is -1.08. The largest absolute Gasteiger partial charge is 0.390 e. The zero-order valence-corrected chi connectivity index (χ0v) is 20.4. The molecule has 0 amide bonds. The highest BCUT2D eigenvalue weighted by molar-refractivity contribution is 14.0. The molecule has 2 rings (SSSR count). The average Bonchev–Trinajstić information content (AvgIpc) is 3.13. The third-order valence-electron chi connectivity index (χ3n) is 3.67. The molecule has 6 nitrogen and oxygen atoms in total. The second kappa shape index (κ2) is 12.0. The number of aliphatic hydroxyl groups excluding tert-OH is 1. The molecular formula is C18H25ClIN3O3S2. The van der Waals surface area contributed by atoms with Gasteiger partial charge in [0.25, 0.3) is 0 Å². The normalized spacial score (nSPS) is 12.9. The van der Waals surface area contributed by atoms with Crippen LogP contribution in [0.2, 0.25) is 5.02 Å². The maximum absolute atomic E-state index is 12.2. The van der Waals surface area contributed by atoms with Crippen LogP contribution in [-0.2, 0) is 16.4 Å². The van der Waals surface area contributed by atoms with E-state index in [2.05, 4.69) is 10.3 Å². The van der Waals surface area contributed by atoms with Crippen molar-refractivity contribution < 1.29 is 13.5 Å². The van der Waals surface area contributed by atoms with Crippen molar-refractivity contribution >= 4 is 62.7 Å². The van der Waals surface area contributed by atoms with Gasteiger partial charge in [0, 0.05) is 25.2 Å². The quantitative estimate of drug-likeness (QED) is 0.296. The Morgan fingerprint density at radius 2 is 2.11 bits per heavy atom. The lowest BCUT2D eigenvalue weighted by molar-refractivity contribution is 0.205. The SMILES string of the molecule is CCNC(=NCC(O)CS(=O)(=O)c1cccs1)N(C)Cc1cccc(Cl)c1.I. The van der Waals surface area contributed by atoms with Crippen molar-refractivity contribution in [1.82, 2.24) is 10.2 Å². The van der Waals surface area contributed by atoms with E-state index in [1.54, 1.807) is 17.5 Å². The Morgan fingerprint density at radius 3 is 2.71 bits per heavy atom. The summed E-state index contributed by atoms with van der Waals surface area (Å²) in [5.41, 5.74) is 1.02. The van der Waals surface area contributed by atoms with Gasteiger partial charge >= 0.3 is 0 Å². The van der Waals surface area contributed by atoms with Crippen molar-refractivity contribution in [2.24, 2.45) is 4.99 Å². The summed E-state index contributed by atoms with van der Waals surface area (Å²) in [4.78, 5) is 6.28. The second-order valence-corrected chi connectivity index (χ2v) is 9.69. The maximum Gasteiger partial charge on any atom is 0.194 e. The molecule has 0 aliphatic heterocycles. The predicted molar refractivity (Wildman–Crippen MR) is 127 cm³/mol. The van der Waals surface area contributed by atoms with Gasteiger partial charge in [-0.1, -0.05) is 29.8 Å². The summed E-state index contributed by atoms with van der Waals surface area (Å²) in [7, 11) is -1.63. The standard InChI is InChI=1S/C18H24ClN3O3S2.HI/c1-3-20-18(22(2)12-14-6-4-7-15(19)10-14)21-11-16(23)13-27(24,25)17-8-5-9-26-17;/h4-10,16,23H,3,11-13H2,1-2H3,(H,20,21);1H. The van der Waals surface area contributed by atoms with E-state index in [0.717, 1.165) is 16.9 Å². The number of aliphatic imine (C=N–C) groups is 1. The first-order valence-electron chi connectivity index (χ1n) is 8.50. The van der Waals surface area contributed by atoms with Crippen molar-refractivity contribution in [2.45, 2.75) is 23.8 Å². The van der Waals surface area contributed by atoms with Crippen LogP contribution < -0.4 is 5.32 Å². The highest BCUT2D eigenvalue weighted by atomic mass is 127. The zero-order chi connectivity index (χ0) is 19.9. The number of guanidine groups is 1. The molecule has 0 radical (unpaired) electrons. The number of hydrogen-bond donors (Lipinski definition) is 2. The van der Waals surface area contributed by atoms with E-state index >= 15 is 0 Å². The van der Waals surface area contributed by atoms with Crippen LogP contribution >= 0.6 is 46.9 Å². The average molecular weight is 558 g/mol. The molecule has 1 atom stereocenters. The number of aliphatic hydroxyl groups is 1. The van der Waals surface area contributed by atoms with E-state index in [0.29, 0.717) is 24.1 Å². The molecular weight excluding hydrogens is 533 g/mol. The van der Waals surface area contributed by atoms with Crippen LogP contribution in [0.15, 0.2) is 51.0 Å². The topological polar surface area (TPSA) is 82.0 Å². The van der Waals surface area contributed by atoms with Gasteiger partial charge in [0.05, 0.1) is 18.4 Å². The molecule has 0 saturated heterocycles. The Balaban J connectivity index is 0.00000392. The Hall–Kier alpha value is -0.880. The van der Waals surface area contributed by atoms with Gasteiger partial charge in [-0.05, 0) is 36.1 Å². The molecule has 0 spiro atoms. The van der Waals surface area contributed by atoms with Crippen molar-refractivity contribution in [3.63, 3.8) is 0 Å². The predicted octanol–water partition coefficient (Wildman–Crippen LogP) is 3.25. The number of nitrogens with one attached hydrogen (secondary N) is 1. The highest BCUT2D eigenvalue weighted by Crippen LogP contribution is 2.18. The molecule has 2 aromatic rings. The lowest BCUT2D eigenvalue weighted by Gasteiger charge is -2.22. The third kappa shape index (κ3) is 7.86. The van der Waals surface area contributed by atoms with Crippen LogP contribution in [0.3, 0.4) is 0 Å². The lowest BCUT2D eigenvalue weighted by Crippen LogP contribution is -2.39. The molecule has 0 bridgehead atoms. The monoisotopic (exact) mass is 557 g/mol. The van der Waals surface area contributed by atoms with Gasteiger partial charge in [0.15, 0.2) is 15.8 Å². The van der Waals surface area contributed by atoms with Crippen molar-refractivity contribution in [2.75, 3.05) is 25.9 Å². The van der Waals surface area contributed by atoms with Crippen LogP contribution in [0.1, 0.15) is 12.5 Å². The number of thiophene rings is 1. The zero-order valence-electron chi connectivity index (χ0n) is 15.7. The molecule has 0 aliphatic carbocycles. The smallest absolute Gasteiger partial charge is 0.194 e. The molecule has 1 aromatic carbocycles. The summed E-state index contributed by atoms with van der Waals surface area (Å²) in [5, 5.41) is 15.7. The van der Waals surface area contributed by atoms with Crippen molar-refractivity contribution in [3.8, 4) is 0 Å². The summed E-state index contributed by atoms with van der Waals surface area (Å²) >= 11 is 7.17. The van der Waals surface area contributed by atoms with Crippen LogP contribution in [-0.4, -0.2) is 56.4 Å². The maximum atomic E-state index is 12.2. The first-order chi connectivity index (χ1) is 12.8. The second-order valence-electron chi connectivity index (χ2n) is 6.05. The molecule has 1 aromatic heterocycles. The van der Waals surface area contributed by atoms with E-state index in [1.807, 2.05) is 43.1 Å². The van der Waals surface area contributed by atoms with E-state index in [4.69, 9.17) is 11.6 Å². The highest BCUT2D eigenvalue weighted by Gasteiger charge is 2.21. The fraction of sp³-hybridized carbons (Fsp3) is 0.389. The summed E-state index contributed by atoms with van der Waals surface area (Å²) in [6, 6.07) is 10.8. The molecule has 10 heteroatoms. The Kier molecular flexibility index (Phi) is 10.7. The summed E-state index contributed by atoms with van der Waals surface area (Å²) in [5.74, 6) is 0.235. The number of sulfone groups is 1. The minimum atomic E-state index is -3.50. The number of halogens is 2. The van der Waals surface area contributed by atoms with Crippen LogP contribution in [0.5, 0.6) is 0 Å². The number of nitrogens with zero attached hydrogens (tertiary/aromatic N) is 2. The van der Waals surface area contributed by atoms with Gasteiger partial charge < -0.3 is 15.3 Å². The fourth-order valence-corrected chi connectivity index (χ4v) is 5.15. The van der Waals surface area contributed by atoms with Crippen molar-refractivity contribution in [1.29, 1.82) is 0 Å². The number of rotatable bonds is 8. The Morgan fingerprint density at radius 1 is 1.36 bits per heavy atom. The molecule has 0 saturated carbocycles. The van der Waals surface area contributed by atoms with Crippen LogP contribution in [0.4, 0.5) is 0 Å². The summed E-state index contributed by atoms with van der Waals surface area (Å²) < 4.78 is 24.7. The lowest BCUT2D eigenvalue weighted by atomic mass is 10.2. The van der Waals surface area contributed by atoms with E-state index in [9.17, 15) is 13.5 Å². The minimum absolute atomic E-state index is 0. The number of hydrogen-bond acceptors (Lipinski definition) is 5. The third-order valence-corrected chi connectivity index (χ3v) is 7.19. The van der Waals surface area contributed by atoms with E-state index < -0.39 is 15.9 Å². The fourth-order valence-electron chi connectivity index (χ4n) is 2.47. The van der Waals surface area contributed by atoms with Gasteiger partial charge in [0.1, 0.15) is 4.21 Å².